The van der Waals surface area contributed by atoms with E-state index in [9.17, 15) is 4.79 Å². The quantitative estimate of drug-likeness (QED) is 0.541. The maximum Gasteiger partial charge on any atom is 0.267 e. The van der Waals surface area contributed by atoms with Gasteiger partial charge in [-0.05, 0) is 44.2 Å². The number of fused-ring (bicyclic) bond motifs is 1. The summed E-state index contributed by atoms with van der Waals surface area (Å²) >= 11 is 0. The summed E-state index contributed by atoms with van der Waals surface area (Å²) in [7, 11) is 1.57. The highest BCUT2D eigenvalue weighted by atomic mass is 16.6. The minimum atomic E-state index is -0.788. The summed E-state index contributed by atoms with van der Waals surface area (Å²) in [6.07, 6.45) is 0.718. The molecule has 1 amide bonds. The van der Waals surface area contributed by atoms with Gasteiger partial charge in [0.1, 0.15) is 13.2 Å². The predicted octanol–water partition coefficient (Wildman–Crippen LogP) is 3.24. The first-order valence-electron chi connectivity index (χ1n) is 9.31. The number of ether oxygens (including phenoxy) is 4. The highest BCUT2D eigenvalue weighted by Crippen LogP contribution is 2.32. The van der Waals surface area contributed by atoms with E-state index in [1.54, 1.807) is 44.4 Å². The summed E-state index contributed by atoms with van der Waals surface area (Å²) in [5.74, 6) is 2.18. The largest absolute Gasteiger partial charge is 0.493 e. The Balaban J connectivity index is 1.56. The third kappa shape index (κ3) is 5.31. The number of hydrogen-bond acceptors (Lipinski definition) is 7. The van der Waals surface area contributed by atoms with Gasteiger partial charge in [-0.15, -0.1) is 0 Å². The fraction of sp³-hybridized carbons (Fsp3) is 0.333. The summed E-state index contributed by atoms with van der Waals surface area (Å²) in [6, 6.07) is 10.6. The highest BCUT2D eigenvalue weighted by molar-refractivity contribution is 5.94. The SMILES string of the molecule is CCOc1ccc(/C=N\O[C@@H](C)C(=O)Nc2ccc3c(c2)OCCO3)cc1OC. The molecule has 2 aromatic carbocycles. The van der Waals surface area contributed by atoms with Crippen LogP contribution in [0.4, 0.5) is 5.69 Å². The van der Waals surface area contributed by atoms with Crippen LogP contribution in [-0.4, -0.2) is 45.2 Å². The van der Waals surface area contributed by atoms with Crippen molar-refractivity contribution in [3.05, 3.63) is 42.0 Å². The van der Waals surface area contributed by atoms with E-state index in [4.69, 9.17) is 23.8 Å². The van der Waals surface area contributed by atoms with E-state index in [1.165, 1.54) is 6.21 Å². The molecule has 0 fully saturated rings. The summed E-state index contributed by atoms with van der Waals surface area (Å²) in [4.78, 5) is 17.6. The Kier molecular flexibility index (Phi) is 6.78. The van der Waals surface area contributed by atoms with Gasteiger partial charge in [-0.3, -0.25) is 4.79 Å². The summed E-state index contributed by atoms with van der Waals surface area (Å²) in [6.45, 7) is 5.06. The van der Waals surface area contributed by atoms with E-state index in [-0.39, 0.29) is 5.91 Å². The van der Waals surface area contributed by atoms with Gasteiger partial charge in [-0.2, -0.15) is 0 Å². The molecule has 1 aliphatic rings. The third-order valence-electron chi connectivity index (χ3n) is 4.09. The molecule has 0 bridgehead atoms. The Morgan fingerprint density at radius 2 is 1.97 bits per heavy atom. The topological polar surface area (TPSA) is 87.6 Å². The van der Waals surface area contributed by atoms with Crippen LogP contribution in [0.5, 0.6) is 23.0 Å². The average molecular weight is 400 g/mol. The molecule has 1 N–H and O–H groups in total. The Morgan fingerprint density at radius 1 is 1.17 bits per heavy atom. The minimum Gasteiger partial charge on any atom is -0.493 e. The molecule has 0 radical (unpaired) electrons. The molecular weight excluding hydrogens is 376 g/mol. The molecule has 1 heterocycles. The van der Waals surface area contributed by atoms with Crippen molar-refractivity contribution >= 4 is 17.8 Å². The minimum absolute atomic E-state index is 0.330. The summed E-state index contributed by atoms with van der Waals surface area (Å²) in [5.41, 5.74) is 1.35. The van der Waals surface area contributed by atoms with E-state index < -0.39 is 6.10 Å². The number of oxime groups is 1. The van der Waals surface area contributed by atoms with Crippen LogP contribution in [0.15, 0.2) is 41.6 Å². The zero-order valence-electron chi connectivity index (χ0n) is 16.6. The van der Waals surface area contributed by atoms with Gasteiger partial charge >= 0.3 is 0 Å². The molecule has 2 aromatic rings. The fourth-order valence-corrected chi connectivity index (χ4v) is 2.63. The van der Waals surface area contributed by atoms with Crippen LogP contribution in [0, 0.1) is 0 Å². The average Bonchev–Trinajstić information content (AvgIpc) is 2.74. The Morgan fingerprint density at radius 3 is 2.72 bits per heavy atom. The zero-order valence-corrected chi connectivity index (χ0v) is 16.6. The molecular formula is C21H24N2O6. The lowest BCUT2D eigenvalue weighted by Crippen LogP contribution is -2.26. The van der Waals surface area contributed by atoms with Crippen molar-refractivity contribution in [2.45, 2.75) is 20.0 Å². The van der Waals surface area contributed by atoms with Crippen LogP contribution in [-0.2, 0) is 9.63 Å². The number of anilines is 1. The summed E-state index contributed by atoms with van der Waals surface area (Å²) in [5, 5.41) is 6.67. The second-order valence-electron chi connectivity index (χ2n) is 6.17. The van der Waals surface area contributed by atoms with Crippen molar-refractivity contribution in [2.24, 2.45) is 5.16 Å². The van der Waals surface area contributed by atoms with Crippen LogP contribution < -0.4 is 24.3 Å². The molecule has 0 unspecified atom stereocenters. The van der Waals surface area contributed by atoms with Gasteiger partial charge in [-0.25, -0.2) is 0 Å². The van der Waals surface area contributed by atoms with E-state index in [0.717, 1.165) is 5.56 Å². The van der Waals surface area contributed by atoms with E-state index in [1.807, 2.05) is 13.0 Å². The fourth-order valence-electron chi connectivity index (χ4n) is 2.63. The van der Waals surface area contributed by atoms with Gasteiger partial charge in [0.2, 0.25) is 6.10 Å². The van der Waals surface area contributed by atoms with Crippen molar-refractivity contribution in [3.63, 3.8) is 0 Å². The van der Waals surface area contributed by atoms with E-state index in [2.05, 4.69) is 10.5 Å². The van der Waals surface area contributed by atoms with Crippen molar-refractivity contribution in [3.8, 4) is 23.0 Å². The van der Waals surface area contributed by atoms with Crippen molar-refractivity contribution in [1.82, 2.24) is 0 Å². The normalized spacial score (nSPS) is 13.6. The van der Waals surface area contributed by atoms with E-state index >= 15 is 0 Å². The molecule has 0 saturated carbocycles. The number of rotatable bonds is 8. The number of methoxy groups -OCH3 is 1. The second kappa shape index (κ2) is 9.68. The van der Waals surface area contributed by atoms with Gasteiger partial charge in [0.25, 0.3) is 5.91 Å². The first kappa shape index (κ1) is 20.3. The lowest BCUT2D eigenvalue weighted by molar-refractivity contribution is -0.126. The number of benzene rings is 2. The lowest BCUT2D eigenvalue weighted by atomic mass is 10.2. The standard InChI is InChI=1S/C21H24N2O6/c1-4-26-17-7-5-15(11-19(17)25-3)13-22-29-14(2)21(24)23-16-6-8-18-20(12-16)28-10-9-27-18/h5-8,11-14H,4,9-10H2,1-3H3,(H,23,24)/b22-13-/t14-/m0/s1. The highest BCUT2D eigenvalue weighted by Gasteiger charge is 2.17. The molecule has 29 heavy (non-hydrogen) atoms. The number of nitrogens with zero attached hydrogens (tertiary/aromatic N) is 1. The molecule has 8 heteroatoms. The monoisotopic (exact) mass is 400 g/mol. The van der Waals surface area contributed by atoms with Gasteiger partial charge in [0, 0.05) is 17.3 Å². The van der Waals surface area contributed by atoms with Crippen molar-refractivity contribution < 1.29 is 28.6 Å². The van der Waals surface area contributed by atoms with Crippen molar-refractivity contribution in [2.75, 3.05) is 32.2 Å². The molecule has 0 saturated heterocycles. The van der Waals surface area contributed by atoms with Crippen LogP contribution in [0.1, 0.15) is 19.4 Å². The molecule has 0 aromatic heterocycles. The first-order chi connectivity index (χ1) is 14.1. The molecule has 3 rings (SSSR count). The van der Waals surface area contributed by atoms with Crippen LogP contribution in [0.25, 0.3) is 0 Å². The van der Waals surface area contributed by atoms with Gasteiger partial charge in [0.15, 0.2) is 23.0 Å². The van der Waals surface area contributed by atoms with Gasteiger partial charge in [-0.1, -0.05) is 5.16 Å². The number of amides is 1. The number of hydrogen-bond donors (Lipinski definition) is 1. The smallest absolute Gasteiger partial charge is 0.267 e. The Bertz CT molecular complexity index is 883. The third-order valence-corrected chi connectivity index (χ3v) is 4.09. The maximum atomic E-state index is 12.3. The molecule has 1 atom stereocenters. The molecule has 0 spiro atoms. The van der Waals surface area contributed by atoms with Crippen LogP contribution in [0.3, 0.4) is 0 Å². The Hall–Kier alpha value is -3.42. The number of nitrogens with one attached hydrogen (secondary N) is 1. The van der Waals surface area contributed by atoms with Crippen LogP contribution >= 0.6 is 0 Å². The maximum absolute atomic E-state index is 12.3. The number of carbonyl (C=O) groups excluding carboxylic acids is 1. The van der Waals surface area contributed by atoms with Gasteiger partial charge < -0.3 is 29.1 Å². The zero-order chi connectivity index (χ0) is 20.6. The predicted molar refractivity (Wildman–Crippen MR) is 108 cm³/mol. The molecule has 154 valence electrons. The molecule has 0 aliphatic carbocycles. The first-order valence-corrected chi connectivity index (χ1v) is 9.31. The van der Waals surface area contributed by atoms with Gasteiger partial charge in [0.05, 0.1) is 19.9 Å². The van der Waals surface area contributed by atoms with Crippen LogP contribution in [0.2, 0.25) is 0 Å². The Labute approximate surface area is 169 Å². The molecule has 1 aliphatic heterocycles. The lowest BCUT2D eigenvalue weighted by Gasteiger charge is -2.19. The molecule has 8 nitrogen and oxygen atoms in total. The number of carbonyl (C=O) groups is 1. The van der Waals surface area contributed by atoms with Crippen molar-refractivity contribution in [1.29, 1.82) is 0 Å². The second-order valence-corrected chi connectivity index (χ2v) is 6.17. The van der Waals surface area contributed by atoms with E-state index in [0.29, 0.717) is 48.5 Å². The summed E-state index contributed by atoms with van der Waals surface area (Å²) < 4.78 is 21.8.